The molecule has 2 N–H and O–H groups in total. The van der Waals surface area contributed by atoms with Crippen LogP contribution in [0.3, 0.4) is 0 Å². The number of amides is 1. The number of halogens is 1. The van der Waals surface area contributed by atoms with E-state index in [4.69, 9.17) is 21.8 Å². The predicted molar refractivity (Wildman–Crippen MR) is 75.0 cm³/mol. The molecule has 0 fully saturated rings. The van der Waals surface area contributed by atoms with E-state index in [1.807, 2.05) is 31.2 Å². The minimum Gasteiger partial charge on any atom is -0.452 e. The van der Waals surface area contributed by atoms with Gasteiger partial charge in [-0.3, -0.25) is 4.79 Å². The number of hydrogen-bond acceptors (Lipinski definition) is 3. The van der Waals surface area contributed by atoms with Gasteiger partial charge in [0.15, 0.2) is 0 Å². The smallest absolute Gasteiger partial charge is 0.259 e. The van der Waals surface area contributed by atoms with Crippen LogP contribution in [-0.2, 0) is 6.54 Å². The van der Waals surface area contributed by atoms with Crippen molar-refractivity contribution in [3.63, 3.8) is 0 Å². The molecule has 19 heavy (non-hydrogen) atoms. The van der Waals surface area contributed by atoms with Gasteiger partial charge < -0.3 is 15.1 Å². The number of rotatable bonds is 4. The molecule has 0 radical (unpaired) electrons. The minimum atomic E-state index is -0.141. The fraction of sp³-hybridized carbons (Fsp3) is 0.214. The maximum absolute atomic E-state index is 12.3. The van der Waals surface area contributed by atoms with Crippen molar-refractivity contribution in [2.75, 3.05) is 12.3 Å². The topological polar surface area (TPSA) is 59.5 Å². The Balaban J connectivity index is 2.14. The third-order valence-electron chi connectivity index (χ3n) is 2.87. The summed E-state index contributed by atoms with van der Waals surface area (Å²) in [6.07, 6.45) is 1.41. The summed E-state index contributed by atoms with van der Waals surface area (Å²) in [4.78, 5) is 14.0. The van der Waals surface area contributed by atoms with Gasteiger partial charge in [0.1, 0.15) is 0 Å². The number of furan rings is 1. The van der Waals surface area contributed by atoms with E-state index in [1.165, 1.54) is 6.26 Å². The van der Waals surface area contributed by atoms with Crippen LogP contribution in [0.1, 0.15) is 22.8 Å². The number of carbonyl (C=O) groups excluding carboxylic acids is 1. The molecular weight excluding hydrogens is 264 g/mol. The molecule has 0 saturated carbocycles. The highest BCUT2D eigenvalue weighted by Gasteiger charge is 2.19. The van der Waals surface area contributed by atoms with Crippen LogP contribution in [0.4, 0.5) is 5.69 Å². The summed E-state index contributed by atoms with van der Waals surface area (Å²) in [6, 6.07) is 9.03. The molecule has 0 spiro atoms. The number of nitrogens with zero attached hydrogens (tertiary/aromatic N) is 1. The van der Waals surface area contributed by atoms with Gasteiger partial charge in [-0.05, 0) is 42.3 Å². The van der Waals surface area contributed by atoms with Gasteiger partial charge in [0.05, 0.1) is 11.8 Å². The first kappa shape index (κ1) is 13.5. The SMILES string of the molecule is CCN(Cc1ccc(N)cc1)C(=O)c1ccoc1Cl. The lowest BCUT2D eigenvalue weighted by molar-refractivity contribution is 0.0752. The van der Waals surface area contributed by atoms with Gasteiger partial charge >= 0.3 is 0 Å². The van der Waals surface area contributed by atoms with Crippen molar-refractivity contribution in [1.29, 1.82) is 0 Å². The molecule has 1 aromatic carbocycles. The second-order valence-corrected chi connectivity index (χ2v) is 4.51. The molecule has 2 aromatic rings. The van der Waals surface area contributed by atoms with Crippen molar-refractivity contribution < 1.29 is 9.21 Å². The Kier molecular flexibility index (Phi) is 4.12. The molecule has 2 rings (SSSR count). The first-order valence-corrected chi connectivity index (χ1v) is 6.36. The van der Waals surface area contributed by atoms with E-state index in [0.717, 1.165) is 5.56 Å². The molecule has 4 nitrogen and oxygen atoms in total. The molecule has 0 saturated heterocycles. The van der Waals surface area contributed by atoms with Gasteiger partial charge in [0.2, 0.25) is 5.22 Å². The van der Waals surface area contributed by atoms with Crippen molar-refractivity contribution in [3.05, 3.63) is 52.9 Å². The van der Waals surface area contributed by atoms with Gasteiger partial charge in [0.25, 0.3) is 5.91 Å². The van der Waals surface area contributed by atoms with Crippen molar-refractivity contribution in [2.24, 2.45) is 0 Å². The predicted octanol–water partition coefficient (Wildman–Crippen LogP) is 3.18. The quantitative estimate of drug-likeness (QED) is 0.874. The highest BCUT2D eigenvalue weighted by Crippen LogP contribution is 2.20. The standard InChI is InChI=1S/C14H15ClN2O2/c1-2-17(9-10-3-5-11(16)6-4-10)14(18)12-7-8-19-13(12)15/h3-8H,2,9,16H2,1H3. The normalized spacial score (nSPS) is 10.4. The first-order valence-electron chi connectivity index (χ1n) is 5.98. The molecule has 1 heterocycles. The van der Waals surface area contributed by atoms with Gasteiger partial charge in [0, 0.05) is 18.8 Å². The number of nitrogen functional groups attached to an aromatic ring is 1. The molecule has 0 bridgehead atoms. The van der Waals surface area contributed by atoms with Crippen LogP contribution >= 0.6 is 11.6 Å². The van der Waals surface area contributed by atoms with E-state index >= 15 is 0 Å². The zero-order chi connectivity index (χ0) is 13.8. The maximum atomic E-state index is 12.3. The Morgan fingerprint density at radius 2 is 2.00 bits per heavy atom. The number of nitrogens with two attached hydrogens (primary N) is 1. The summed E-state index contributed by atoms with van der Waals surface area (Å²) in [5.41, 5.74) is 7.75. The van der Waals surface area contributed by atoms with Crippen LogP contribution in [0.2, 0.25) is 5.22 Å². The first-order chi connectivity index (χ1) is 9.11. The molecule has 1 amide bonds. The third-order valence-corrected chi connectivity index (χ3v) is 3.16. The van der Waals surface area contributed by atoms with Gasteiger partial charge in [-0.25, -0.2) is 0 Å². The lowest BCUT2D eigenvalue weighted by Gasteiger charge is -2.20. The van der Waals surface area contributed by atoms with Gasteiger partial charge in [-0.2, -0.15) is 0 Å². The number of hydrogen-bond donors (Lipinski definition) is 1. The van der Waals surface area contributed by atoms with Crippen LogP contribution in [0.5, 0.6) is 0 Å². The van der Waals surface area contributed by atoms with Gasteiger partial charge in [-0.15, -0.1) is 0 Å². The third kappa shape index (κ3) is 3.09. The van der Waals surface area contributed by atoms with Crippen LogP contribution in [0.15, 0.2) is 41.0 Å². The van der Waals surface area contributed by atoms with Crippen molar-refractivity contribution in [1.82, 2.24) is 4.90 Å². The molecular formula is C14H15ClN2O2. The monoisotopic (exact) mass is 278 g/mol. The largest absolute Gasteiger partial charge is 0.452 e. The summed E-state index contributed by atoms with van der Waals surface area (Å²) in [6.45, 7) is 3.02. The number of benzene rings is 1. The van der Waals surface area contributed by atoms with E-state index in [1.54, 1.807) is 11.0 Å². The van der Waals surface area contributed by atoms with E-state index < -0.39 is 0 Å². The fourth-order valence-electron chi connectivity index (χ4n) is 1.79. The lowest BCUT2D eigenvalue weighted by Crippen LogP contribution is -2.30. The molecule has 100 valence electrons. The molecule has 0 aliphatic carbocycles. The zero-order valence-electron chi connectivity index (χ0n) is 10.6. The summed E-state index contributed by atoms with van der Waals surface area (Å²) in [5, 5.41) is 0.126. The summed E-state index contributed by atoms with van der Waals surface area (Å²) >= 11 is 5.83. The summed E-state index contributed by atoms with van der Waals surface area (Å²) in [7, 11) is 0. The van der Waals surface area contributed by atoms with E-state index in [-0.39, 0.29) is 11.1 Å². The molecule has 0 unspecified atom stereocenters. The van der Waals surface area contributed by atoms with Crippen molar-refractivity contribution >= 4 is 23.2 Å². The van der Waals surface area contributed by atoms with Crippen LogP contribution < -0.4 is 5.73 Å². The highest BCUT2D eigenvalue weighted by molar-refractivity contribution is 6.32. The molecule has 0 aliphatic rings. The van der Waals surface area contributed by atoms with E-state index in [2.05, 4.69) is 0 Å². The Morgan fingerprint density at radius 1 is 1.32 bits per heavy atom. The Bertz CT molecular complexity index is 563. The highest BCUT2D eigenvalue weighted by atomic mass is 35.5. The van der Waals surface area contributed by atoms with Crippen molar-refractivity contribution in [3.8, 4) is 0 Å². The summed E-state index contributed by atoms with van der Waals surface area (Å²) in [5.74, 6) is -0.141. The summed E-state index contributed by atoms with van der Waals surface area (Å²) < 4.78 is 4.95. The second-order valence-electron chi connectivity index (χ2n) is 4.17. The van der Waals surface area contributed by atoms with Crippen molar-refractivity contribution in [2.45, 2.75) is 13.5 Å². The average Bonchev–Trinajstić information content (AvgIpc) is 2.83. The molecule has 1 aromatic heterocycles. The van der Waals surface area contributed by atoms with E-state index in [0.29, 0.717) is 24.3 Å². The van der Waals surface area contributed by atoms with Gasteiger partial charge in [-0.1, -0.05) is 12.1 Å². The zero-order valence-corrected chi connectivity index (χ0v) is 11.4. The molecule has 5 heteroatoms. The van der Waals surface area contributed by atoms with E-state index in [9.17, 15) is 4.79 Å². The Labute approximate surface area is 116 Å². The average molecular weight is 279 g/mol. The Morgan fingerprint density at radius 3 is 2.53 bits per heavy atom. The lowest BCUT2D eigenvalue weighted by atomic mass is 10.2. The Hall–Kier alpha value is -1.94. The minimum absolute atomic E-state index is 0.126. The van der Waals surface area contributed by atoms with Crippen LogP contribution in [0, 0.1) is 0 Å². The fourth-order valence-corrected chi connectivity index (χ4v) is 1.98. The van der Waals surface area contributed by atoms with Crippen LogP contribution in [0.25, 0.3) is 0 Å². The second kappa shape index (κ2) is 5.80. The molecule has 0 atom stereocenters. The number of carbonyl (C=O) groups is 1. The van der Waals surface area contributed by atoms with Crippen LogP contribution in [-0.4, -0.2) is 17.4 Å². The number of anilines is 1. The molecule has 0 aliphatic heterocycles. The maximum Gasteiger partial charge on any atom is 0.259 e.